The quantitative estimate of drug-likeness (QED) is 0.479. The fraction of sp³-hybridized carbons (Fsp3) is 0.348. The number of hydrogen-bond donors (Lipinski definition) is 3. The maximum Gasteiger partial charge on any atom is 0.187 e. The van der Waals surface area contributed by atoms with Crippen LogP contribution < -0.4 is 0 Å². The smallest absolute Gasteiger partial charge is 0.187 e. The number of aryl methyl sites for hydroxylation is 2. The van der Waals surface area contributed by atoms with Gasteiger partial charge in [-0.25, -0.2) is 0 Å². The van der Waals surface area contributed by atoms with Crippen LogP contribution in [0.4, 0.5) is 0 Å². The summed E-state index contributed by atoms with van der Waals surface area (Å²) < 4.78 is 13.6. The van der Waals surface area contributed by atoms with Crippen LogP contribution in [-0.2, 0) is 23.1 Å². The van der Waals surface area contributed by atoms with Crippen LogP contribution in [0.2, 0.25) is 0 Å². The van der Waals surface area contributed by atoms with E-state index in [1.165, 1.54) is 0 Å². The minimum absolute atomic E-state index is 0.166. The Morgan fingerprint density at radius 1 is 1.10 bits per heavy atom. The predicted octanol–water partition coefficient (Wildman–Crippen LogP) is 2.14. The molecule has 3 N–H and O–H groups in total. The summed E-state index contributed by atoms with van der Waals surface area (Å²) in [5, 5.41) is 33.9. The van der Waals surface area contributed by atoms with Crippen LogP contribution in [0.25, 0.3) is 32.6 Å². The number of pyridine rings is 1. The van der Waals surface area contributed by atoms with Gasteiger partial charge in [0.25, 0.3) is 0 Å². The average Bonchev–Trinajstić information content (AvgIpc) is 3.22. The van der Waals surface area contributed by atoms with Crippen molar-refractivity contribution in [1.29, 1.82) is 0 Å². The third-order valence-electron chi connectivity index (χ3n) is 6.20. The summed E-state index contributed by atoms with van der Waals surface area (Å²) in [5.74, 6) is 0. The number of fused-ring (bicyclic) bond motifs is 4. The second kappa shape index (κ2) is 7.30. The van der Waals surface area contributed by atoms with Crippen molar-refractivity contribution >= 4 is 32.6 Å². The predicted molar refractivity (Wildman–Crippen MR) is 113 cm³/mol. The van der Waals surface area contributed by atoms with Crippen molar-refractivity contribution in [3.05, 3.63) is 53.9 Å². The van der Waals surface area contributed by atoms with Crippen molar-refractivity contribution < 1.29 is 24.8 Å². The normalized spacial score (nSPS) is 24.4. The maximum atomic E-state index is 10.3. The maximum absolute atomic E-state index is 10.3. The zero-order valence-electron chi connectivity index (χ0n) is 16.8. The van der Waals surface area contributed by atoms with E-state index in [4.69, 9.17) is 9.47 Å². The van der Waals surface area contributed by atoms with Crippen LogP contribution in [0.1, 0.15) is 11.1 Å². The van der Waals surface area contributed by atoms with E-state index < -0.39 is 24.6 Å². The lowest BCUT2D eigenvalue weighted by molar-refractivity contribution is -0.175. The zero-order valence-corrected chi connectivity index (χ0v) is 16.8. The van der Waals surface area contributed by atoms with E-state index in [1.54, 1.807) is 6.20 Å². The summed E-state index contributed by atoms with van der Waals surface area (Å²) in [4.78, 5) is 4.32. The van der Waals surface area contributed by atoms with Crippen molar-refractivity contribution in [3.63, 3.8) is 0 Å². The fourth-order valence-electron chi connectivity index (χ4n) is 4.68. The van der Waals surface area contributed by atoms with Gasteiger partial charge in [-0.2, -0.15) is 0 Å². The lowest BCUT2D eigenvalue weighted by Gasteiger charge is -2.18. The Bertz CT molecular complexity index is 1250. The minimum atomic E-state index is -1.22. The van der Waals surface area contributed by atoms with Crippen molar-refractivity contribution in [1.82, 2.24) is 9.55 Å². The highest BCUT2D eigenvalue weighted by molar-refractivity contribution is 6.16. The average molecular weight is 408 g/mol. The van der Waals surface area contributed by atoms with Crippen molar-refractivity contribution in [2.24, 2.45) is 7.05 Å². The summed E-state index contributed by atoms with van der Waals surface area (Å²) >= 11 is 0. The van der Waals surface area contributed by atoms with E-state index in [-0.39, 0.29) is 13.2 Å². The Morgan fingerprint density at radius 2 is 1.90 bits per heavy atom. The molecule has 30 heavy (non-hydrogen) atoms. The van der Waals surface area contributed by atoms with Gasteiger partial charge in [0.2, 0.25) is 0 Å². The number of nitrogens with zero attached hydrogens (tertiary/aromatic N) is 2. The van der Waals surface area contributed by atoms with Crippen LogP contribution in [-0.4, -0.2) is 56.1 Å². The first-order valence-corrected chi connectivity index (χ1v) is 9.99. The molecule has 0 aliphatic carbocycles. The Balaban J connectivity index is 1.68. The summed E-state index contributed by atoms with van der Waals surface area (Å²) in [5.41, 5.74) is 4.36. The number of rotatable bonds is 4. The van der Waals surface area contributed by atoms with Gasteiger partial charge in [-0.1, -0.05) is 18.2 Å². The van der Waals surface area contributed by atoms with Gasteiger partial charge in [0.05, 0.1) is 18.7 Å². The molecule has 2 aromatic carbocycles. The summed E-state index contributed by atoms with van der Waals surface area (Å²) in [7, 11) is 2.06. The van der Waals surface area contributed by atoms with Gasteiger partial charge in [-0.05, 0) is 35.6 Å². The molecule has 1 saturated heterocycles. The first-order valence-electron chi connectivity index (χ1n) is 9.99. The van der Waals surface area contributed by atoms with E-state index in [2.05, 4.69) is 35.7 Å². The van der Waals surface area contributed by atoms with Crippen LogP contribution in [0.15, 0.2) is 42.7 Å². The van der Waals surface area contributed by atoms with Gasteiger partial charge in [0.1, 0.15) is 18.3 Å². The molecular formula is C23H24N2O5. The molecule has 0 saturated carbocycles. The number of ether oxygens (including phenoxy) is 2. The molecule has 0 radical (unpaired) electrons. The molecule has 4 aromatic rings. The van der Waals surface area contributed by atoms with E-state index in [0.29, 0.717) is 0 Å². The number of benzene rings is 2. The van der Waals surface area contributed by atoms with E-state index in [9.17, 15) is 15.3 Å². The van der Waals surface area contributed by atoms with Gasteiger partial charge in [0, 0.05) is 41.1 Å². The van der Waals surface area contributed by atoms with Crippen molar-refractivity contribution in [2.45, 2.75) is 38.1 Å². The van der Waals surface area contributed by atoms with E-state index >= 15 is 0 Å². The Kier molecular flexibility index (Phi) is 4.72. The summed E-state index contributed by atoms with van der Waals surface area (Å²) in [6, 6.07) is 10.2. The van der Waals surface area contributed by atoms with Gasteiger partial charge >= 0.3 is 0 Å². The monoisotopic (exact) mass is 408 g/mol. The second-order valence-corrected chi connectivity index (χ2v) is 7.84. The molecule has 7 heteroatoms. The topological polar surface area (TPSA) is 97.0 Å². The van der Waals surface area contributed by atoms with E-state index in [0.717, 1.165) is 43.7 Å². The SMILES string of the molecule is Cc1c2ccncc2c(CO[C@H]2O[C@@H](CO)[C@@H](O)[C@H]2O)c2c3ccccc3n(C)c12. The number of aromatic nitrogens is 2. The standard InChI is InChI=1S/C23H24N2O5/c1-12-13-7-8-24-9-15(13)16(11-29-23-22(28)21(27)18(10-26)30-23)19-14-5-3-4-6-17(14)25(2)20(12)19/h3-9,18,21-23,26-28H,10-11H2,1-2H3/t18-,21+,22+,23-/m0/s1. The molecule has 156 valence electrons. The lowest BCUT2D eigenvalue weighted by atomic mass is 9.96. The molecule has 7 nitrogen and oxygen atoms in total. The van der Waals surface area contributed by atoms with Gasteiger partial charge in [-0.3, -0.25) is 4.98 Å². The molecule has 1 aliphatic rings. The molecule has 0 amide bonds. The van der Waals surface area contributed by atoms with Gasteiger partial charge in [-0.15, -0.1) is 0 Å². The van der Waals surface area contributed by atoms with E-state index in [1.807, 2.05) is 24.4 Å². The largest absolute Gasteiger partial charge is 0.394 e. The van der Waals surface area contributed by atoms with Crippen LogP contribution in [0.5, 0.6) is 0 Å². The van der Waals surface area contributed by atoms with Crippen LogP contribution in [0, 0.1) is 6.92 Å². The molecule has 0 bridgehead atoms. The molecule has 1 aliphatic heterocycles. The number of hydrogen-bond acceptors (Lipinski definition) is 6. The first kappa shape index (κ1) is 19.4. The van der Waals surface area contributed by atoms with Gasteiger partial charge in [0.15, 0.2) is 6.29 Å². The lowest BCUT2D eigenvalue weighted by Crippen LogP contribution is -2.34. The molecule has 4 atom stereocenters. The third-order valence-corrected chi connectivity index (χ3v) is 6.20. The van der Waals surface area contributed by atoms with Crippen LogP contribution >= 0.6 is 0 Å². The number of para-hydroxylation sites is 1. The minimum Gasteiger partial charge on any atom is -0.394 e. The molecule has 0 unspecified atom stereocenters. The van der Waals surface area contributed by atoms with Crippen molar-refractivity contribution in [3.8, 4) is 0 Å². The highest BCUT2D eigenvalue weighted by Crippen LogP contribution is 2.39. The highest BCUT2D eigenvalue weighted by atomic mass is 16.7. The van der Waals surface area contributed by atoms with Crippen molar-refractivity contribution in [2.75, 3.05) is 6.61 Å². The van der Waals surface area contributed by atoms with Crippen LogP contribution in [0.3, 0.4) is 0 Å². The van der Waals surface area contributed by atoms with Gasteiger partial charge < -0.3 is 29.4 Å². The highest BCUT2D eigenvalue weighted by Gasteiger charge is 2.43. The fourth-order valence-corrected chi connectivity index (χ4v) is 4.68. The molecule has 5 rings (SSSR count). The summed E-state index contributed by atoms with van der Waals surface area (Å²) in [6.45, 7) is 1.89. The summed E-state index contributed by atoms with van der Waals surface area (Å²) in [6.07, 6.45) is -0.678. The Labute approximate surface area is 173 Å². The molecule has 1 fully saturated rings. The molecule has 2 aromatic heterocycles. The molecular weight excluding hydrogens is 384 g/mol. The Morgan fingerprint density at radius 3 is 2.67 bits per heavy atom. The molecule has 0 spiro atoms. The second-order valence-electron chi connectivity index (χ2n) is 7.84. The third kappa shape index (κ3) is 2.74. The molecule has 3 heterocycles. The number of aliphatic hydroxyl groups excluding tert-OH is 3. The first-order chi connectivity index (χ1) is 14.5. The Hall–Kier alpha value is -2.55. The number of aliphatic hydroxyl groups is 3. The zero-order chi connectivity index (χ0) is 21.0.